The highest BCUT2D eigenvalue weighted by atomic mass is 16.5. The van der Waals surface area contributed by atoms with Crippen LogP contribution in [0.15, 0.2) is 18.3 Å². The van der Waals surface area contributed by atoms with Gasteiger partial charge in [-0.15, -0.1) is 0 Å². The molecule has 1 unspecified atom stereocenters. The van der Waals surface area contributed by atoms with Gasteiger partial charge in [0.15, 0.2) is 0 Å². The molecule has 0 bridgehead atoms. The minimum atomic E-state index is -0.919. The van der Waals surface area contributed by atoms with Gasteiger partial charge in [-0.3, -0.25) is 9.59 Å². The first-order valence-corrected chi connectivity index (χ1v) is 6.78. The molecule has 20 heavy (non-hydrogen) atoms. The summed E-state index contributed by atoms with van der Waals surface area (Å²) in [5, 5.41) is 8.94. The zero-order valence-electron chi connectivity index (χ0n) is 11.8. The van der Waals surface area contributed by atoms with Crippen LogP contribution < -0.4 is 0 Å². The summed E-state index contributed by atoms with van der Waals surface area (Å²) in [6.07, 6.45) is 1.78. The summed E-state index contributed by atoms with van der Waals surface area (Å²) in [7, 11) is 0. The van der Waals surface area contributed by atoms with E-state index in [-0.39, 0.29) is 25.0 Å². The van der Waals surface area contributed by atoms with Crippen molar-refractivity contribution in [2.45, 2.75) is 32.4 Å². The average Bonchev–Trinajstić information content (AvgIpc) is 2.87. The topological polar surface area (TPSA) is 71.8 Å². The second-order valence-electron chi connectivity index (χ2n) is 5.22. The Morgan fingerprint density at radius 2 is 2.25 bits per heavy atom. The van der Waals surface area contributed by atoms with Crippen molar-refractivity contribution in [2.75, 3.05) is 19.8 Å². The molecule has 0 aromatic carbocycles. The van der Waals surface area contributed by atoms with Crippen molar-refractivity contribution >= 4 is 11.9 Å². The number of hydrogen-bond donors (Lipinski definition) is 1. The highest BCUT2D eigenvalue weighted by Crippen LogP contribution is 2.18. The number of hydrogen-bond acceptors (Lipinski definition) is 3. The lowest BCUT2D eigenvalue weighted by Crippen LogP contribution is -2.50. The Kier molecular flexibility index (Phi) is 4.44. The summed E-state index contributed by atoms with van der Waals surface area (Å²) in [5.74, 6) is -1.05. The van der Waals surface area contributed by atoms with E-state index in [0.29, 0.717) is 18.8 Å². The van der Waals surface area contributed by atoms with Gasteiger partial charge in [0.2, 0.25) is 0 Å². The molecule has 1 aliphatic rings. The quantitative estimate of drug-likeness (QED) is 0.904. The molecule has 110 valence electrons. The van der Waals surface area contributed by atoms with Gasteiger partial charge in [0.25, 0.3) is 5.91 Å². The number of amides is 1. The highest BCUT2D eigenvalue weighted by Gasteiger charge is 2.31. The minimum Gasteiger partial charge on any atom is -0.481 e. The first-order chi connectivity index (χ1) is 9.50. The van der Waals surface area contributed by atoms with Crippen LogP contribution >= 0.6 is 0 Å². The van der Waals surface area contributed by atoms with Crippen LogP contribution in [0.5, 0.6) is 0 Å². The predicted molar refractivity (Wildman–Crippen MR) is 72.7 cm³/mol. The maximum atomic E-state index is 12.6. The van der Waals surface area contributed by atoms with Crippen LogP contribution in [0.4, 0.5) is 0 Å². The van der Waals surface area contributed by atoms with Crippen LogP contribution in [-0.4, -0.2) is 52.3 Å². The third-order valence-corrected chi connectivity index (χ3v) is 3.45. The van der Waals surface area contributed by atoms with Crippen LogP contribution in [0.25, 0.3) is 0 Å². The van der Waals surface area contributed by atoms with Gasteiger partial charge >= 0.3 is 5.97 Å². The fourth-order valence-corrected chi connectivity index (χ4v) is 2.47. The van der Waals surface area contributed by atoms with Crippen LogP contribution in [0.1, 0.15) is 36.8 Å². The predicted octanol–water partition coefficient (Wildman–Crippen LogP) is 1.38. The number of aliphatic carboxylic acids is 1. The molecule has 1 fully saturated rings. The molecule has 1 aromatic rings. The summed E-state index contributed by atoms with van der Waals surface area (Å²) >= 11 is 0. The van der Waals surface area contributed by atoms with E-state index in [0.717, 1.165) is 0 Å². The molecule has 6 heteroatoms. The Morgan fingerprint density at radius 1 is 1.50 bits per heavy atom. The number of morpholine rings is 1. The van der Waals surface area contributed by atoms with Crippen molar-refractivity contribution in [2.24, 2.45) is 0 Å². The molecule has 0 aliphatic carbocycles. The van der Waals surface area contributed by atoms with Gasteiger partial charge < -0.3 is 19.3 Å². The molecule has 1 atom stereocenters. The van der Waals surface area contributed by atoms with Crippen molar-refractivity contribution in [1.29, 1.82) is 0 Å². The van der Waals surface area contributed by atoms with E-state index in [2.05, 4.69) is 0 Å². The van der Waals surface area contributed by atoms with Gasteiger partial charge in [0.1, 0.15) is 5.69 Å². The summed E-state index contributed by atoms with van der Waals surface area (Å²) in [6.45, 7) is 5.17. The molecule has 6 nitrogen and oxygen atoms in total. The molecular formula is C14H20N2O4. The molecule has 2 heterocycles. The van der Waals surface area contributed by atoms with Crippen LogP contribution in [-0.2, 0) is 9.53 Å². The lowest BCUT2D eigenvalue weighted by molar-refractivity contribution is -0.139. The lowest BCUT2D eigenvalue weighted by Gasteiger charge is -2.35. The summed E-state index contributed by atoms with van der Waals surface area (Å²) in [4.78, 5) is 25.2. The number of ether oxygens (including phenoxy) is 1. The average molecular weight is 280 g/mol. The third kappa shape index (κ3) is 3.01. The van der Waals surface area contributed by atoms with Crippen LogP contribution in [0.3, 0.4) is 0 Å². The lowest BCUT2D eigenvalue weighted by atomic mass is 10.1. The zero-order valence-corrected chi connectivity index (χ0v) is 11.8. The van der Waals surface area contributed by atoms with E-state index in [9.17, 15) is 9.59 Å². The molecule has 1 aliphatic heterocycles. The van der Waals surface area contributed by atoms with Gasteiger partial charge in [-0.2, -0.15) is 0 Å². The fourth-order valence-electron chi connectivity index (χ4n) is 2.47. The van der Waals surface area contributed by atoms with E-state index < -0.39 is 12.0 Å². The molecule has 1 aromatic heterocycles. The van der Waals surface area contributed by atoms with E-state index in [1.165, 1.54) is 0 Å². The van der Waals surface area contributed by atoms with E-state index in [1.807, 2.05) is 30.7 Å². The van der Waals surface area contributed by atoms with Crippen molar-refractivity contribution in [3.8, 4) is 0 Å². The fraction of sp³-hybridized carbons (Fsp3) is 0.571. The number of carboxylic acid groups (broad SMARTS) is 1. The highest BCUT2D eigenvalue weighted by molar-refractivity contribution is 5.93. The van der Waals surface area contributed by atoms with Gasteiger partial charge in [0.05, 0.1) is 25.7 Å². The van der Waals surface area contributed by atoms with E-state index >= 15 is 0 Å². The molecule has 1 N–H and O–H groups in total. The standard InChI is InChI=1S/C14H20N2O4/c1-10(2)15-5-3-4-12(15)14(19)16-6-7-20-9-11(16)8-13(17)18/h3-5,10-11H,6-9H2,1-2H3,(H,17,18). The molecule has 0 saturated carbocycles. The molecule has 0 spiro atoms. The Bertz CT molecular complexity index is 495. The van der Waals surface area contributed by atoms with Gasteiger partial charge in [-0.05, 0) is 26.0 Å². The van der Waals surface area contributed by atoms with E-state index in [1.54, 1.807) is 11.0 Å². The van der Waals surface area contributed by atoms with Crippen molar-refractivity contribution in [3.63, 3.8) is 0 Å². The Hall–Kier alpha value is -1.82. The molecule has 0 radical (unpaired) electrons. The first-order valence-electron chi connectivity index (χ1n) is 6.78. The molecule has 1 amide bonds. The van der Waals surface area contributed by atoms with Gasteiger partial charge in [0, 0.05) is 18.8 Å². The maximum absolute atomic E-state index is 12.6. The monoisotopic (exact) mass is 280 g/mol. The largest absolute Gasteiger partial charge is 0.481 e. The number of carbonyl (C=O) groups is 2. The van der Waals surface area contributed by atoms with Crippen molar-refractivity contribution in [1.82, 2.24) is 9.47 Å². The number of carboxylic acids is 1. The van der Waals surface area contributed by atoms with E-state index in [4.69, 9.17) is 9.84 Å². The Morgan fingerprint density at radius 3 is 2.90 bits per heavy atom. The van der Waals surface area contributed by atoms with Crippen molar-refractivity contribution < 1.29 is 19.4 Å². The molecule has 1 saturated heterocycles. The number of aromatic nitrogens is 1. The second kappa shape index (κ2) is 6.09. The molecule has 2 rings (SSSR count). The maximum Gasteiger partial charge on any atom is 0.305 e. The zero-order chi connectivity index (χ0) is 14.7. The second-order valence-corrected chi connectivity index (χ2v) is 5.22. The Balaban J connectivity index is 2.21. The van der Waals surface area contributed by atoms with Gasteiger partial charge in [-0.1, -0.05) is 0 Å². The summed E-state index contributed by atoms with van der Waals surface area (Å²) < 4.78 is 7.19. The summed E-state index contributed by atoms with van der Waals surface area (Å²) in [6, 6.07) is 3.39. The SMILES string of the molecule is CC(C)n1cccc1C(=O)N1CCOCC1CC(=O)O. The molecular weight excluding hydrogens is 260 g/mol. The van der Waals surface area contributed by atoms with Crippen LogP contribution in [0, 0.1) is 0 Å². The number of carbonyl (C=O) groups excluding carboxylic acids is 1. The third-order valence-electron chi connectivity index (χ3n) is 3.45. The number of rotatable bonds is 4. The number of nitrogens with zero attached hydrogens (tertiary/aromatic N) is 2. The Labute approximate surface area is 117 Å². The van der Waals surface area contributed by atoms with Crippen LogP contribution in [0.2, 0.25) is 0 Å². The van der Waals surface area contributed by atoms with Gasteiger partial charge in [-0.25, -0.2) is 0 Å². The normalized spacial score (nSPS) is 19.4. The van der Waals surface area contributed by atoms with Crippen molar-refractivity contribution in [3.05, 3.63) is 24.0 Å². The smallest absolute Gasteiger partial charge is 0.305 e. The summed E-state index contributed by atoms with van der Waals surface area (Å²) in [5.41, 5.74) is 0.595. The minimum absolute atomic E-state index is 0.0892. The first kappa shape index (κ1) is 14.6.